The van der Waals surface area contributed by atoms with Gasteiger partial charge in [-0.2, -0.15) is 0 Å². The smallest absolute Gasteiger partial charge is 0.0708 e. The van der Waals surface area contributed by atoms with E-state index >= 15 is 0 Å². The highest BCUT2D eigenvalue weighted by Crippen LogP contribution is 2.24. The van der Waals surface area contributed by atoms with Crippen LogP contribution in [0.15, 0.2) is 30.3 Å². The zero-order chi connectivity index (χ0) is 13.3. The molecule has 1 heterocycles. The highest BCUT2D eigenvalue weighted by atomic mass is 14.7. The zero-order valence-corrected chi connectivity index (χ0v) is 11.5. The quantitative estimate of drug-likeness (QED) is 0.869. The first-order valence-corrected chi connectivity index (χ1v) is 6.30. The maximum absolute atomic E-state index is 5.91. The van der Waals surface area contributed by atoms with Gasteiger partial charge in [-0.25, -0.2) is 0 Å². The minimum absolute atomic E-state index is 0.0330. The molecule has 0 radical (unpaired) electrons. The van der Waals surface area contributed by atoms with Crippen LogP contribution >= 0.6 is 0 Å². The van der Waals surface area contributed by atoms with Crippen LogP contribution in [0.4, 0.5) is 0 Å². The summed E-state index contributed by atoms with van der Waals surface area (Å²) in [4.78, 5) is 4.68. The van der Waals surface area contributed by atoms with Crippen LogP contribution in [0.3, 0.4) is 0 Å². The Balaban J connectivity index is 2.49. The lowest BCUT2D eigenvalue weighted by atomic mass is 10.0. The van der Waals surface area contributed by atoms with Gasteiger partial charge < -0.3 is 5.73 Å². The summed E-state index contributed by atoms with van der Waals surface area (Å²) in [5.41, 5.74) is 12.8. The van der Waals surface area contributed by atoms with Crippen molar-refractivity contribution in [2.24, 2.45) is 5.73 Å². The van der Waals surface area contributed by atoms with Crippen LogP contribution in [-0.4, -0.2) is 4.98 Å². The molecule has 0 fully saturated rings. The fourth-order valence-corrected chi connectivity index (χ4v) is 2.30. The van der Waals surface area contributed by atoms with Gasteiger partial charge in [0.1, 0.15) is 0 Å². The van der Waals surface area contributed by atoms with Gasteiger partial charge in [0.05, 0.1) is 5.69 Å². The minimum Gasteiger partial charge on any atom is -0.324 e. The third-order valence-electron chi connectivity index (χ3n) is 3.28. The summed E-state index contributed by atoms with van der Waals surface area (Å²) in [6.45, 7) is 8.24. The summed E-state index contributed by atoms with van der Waals surface area (Å²) in [7, 11) is 0. The van der Waals surface area contributed by atoms with Gasteiger partial charge in [-0.15, -0.1) is 0 Å². The van der Waals surface area contributed by atoms with E-state index in [2.05, 4.69) is 49.2 Å². The van der Waals surface area contributed by atoms with Gasteiger partial charge >= 0.3 is 0 Å². The first-order chi connectivity index (χ1) is 8.49. The minimum atomic E-state index is 0.0330. The Kier molecular flexibility index (Phi) is 3.48. The fraction of sp³-hybridized carbons (Fsp3) is 0.312. The van der Waals surface area contributed by atoms with Gasteiger partial charge in [0.2, 0.25) is 0 Å². The van der Waals surface area contributed by atoms with Crippen molar-refractivity contribution in [2.45, 2.75) is 33.7 Å². The van der Waals surface area contributed by atoms with Crippen LogP contribution in [0.1, 0.15) is 35.3 Å². The number of nitrogens with zero attached hydrogens (tertiary/aromatic N) is 1. The third-order valence-corrected chi connectivity index (χ3v) is 3.28. The van der Waals surface area contributed by atoms with Crippen LogP contribution in [0, 0.1) is 20.8 Å². The molecule has 0 aliphatic rings. The molecule has 0 amide bonds. The summed E-state index contributed by atoms with van der Waals surface area (Å²) in [5.74, 6) is 0. The molecule has 0 bridgehead atoms. The molecule has 0 aliphatic carbocycles. The van der Waals surface area contributed by atoms with Gasteiger partial charge in [-0.05, 0) is 44.9 Å². The lowest BCUT2D eigenvalue weighted by Crippen LogP contribution is -2.08. The Morgan fingerprint density at radius 2 is 1.78 bits per heavy atom. The molecular weight excluding hydrogens is 220 g/mol. The molecule has 0 saturated heterocycles. The highest BCUT2D eigenvalue weighted by molar-refractivity contribution is 5.64. The predicted octanol–water partition coefficient (Wildman–Crippen LogP) is 3.69. The van der Waals surface area contributed by atoms with E-state index in [1.165, 1.54) is 16.7 Å². The molecule has 2 nitrogen and oxygen atoms in total. The van der Waals surface area contributed by atoms with Crippen LogP contribution in [-0.2, 0) is 0 Å². The Hall–Kier alpha value is -1.67. The Morgan fingerprint density at radius 3 is 2.33 bits per heavy atom. The van der Waals surface area contributed by atoms with Crippen molar-refractivity contribution in [2.75, 3.05) is 0 Å². The van der Waals surface area contributed by atoms with Crippen LogP contribution in [0.25, 0.3) is 11.3 Å². The number of hydrogen-bond donors (Lipinski definition) is 1. The average Bonchev–Trinajstić information content (AvgIpc) is 2.28. The van der Waals surface area contributed by atoms with E-state index in [1.54, 1.807) is 0 Å². The second kappa shape index (κ2) is 4.91. The van der Waals surface area contributed by atoms with Crippen LogP contribution in [0.5, 0.6) is 0 Å². The van der Waals surface area contributed by atoms with Gasteiger partial charge in [0.15, 0.2) is 0 Å². The Morgan fingerprint density at radius 1 is 1.06 bits per heavy atom. The second-order valence-electron chi connectivity index (χ2n) is 4.98. The van der Waals surface area contributed by atoms with Gasteiger partial charge in [-0.3, -0.25) is 4.98 Å². The zero-order valence-electron chi connectivity index (χ0n) is 11.5. The van der Waals surface area contributed by atoms with Crippen molar-refractivity contribution in [1.29, 1.82) is 0 Å². The van der Waals surface area contributed by atoms with E-state index in [0.717, 1.165) is 17.0 Å². The van der Waals surface area contributed by atoms with E-state index in [0.29, 0.717) is 0 Å². The third kappa shape index (κ3) is 2.44. The molecule has 1 unspecified atom stereocenters. The molecule has 18 heavy (non-hydrogen) atoms. The maximum atomic E-state index is 5.91. The molecule has 2 aromatic rings. The topological polar surface area (TPSA) is 38.9 Å². The molecule has 1 aromatic carbocycles. The Bertz CT molecular complexity index is 571. The summed E-state index contributed by atoms with van der Waals surface area (Å²) < 4.78 is 0. The van der Waals surface area contributed by atoms with E-state index < -0.39 is 0 Å². The number of hydrogen-bond acceptors (Lipinski definition) is 2. The molecule has 1 aromatic heterocycles. The fourth-order valence-electron chi connectivity index (χ4n) is 2.30. The summed E-state index contributed by atoms with van der Waals surface area (Å²) in [5, 5.41) is 0. The molecule has 1 atom stereocenters. The number of rotatable bonds is 2. The Labute approximate surface area is 109 Å². The van der Waals surface area contributed by atoms with Crippen molar-refractivity contribution in [3.05, 3.63) is 52.7 Å². The number of nitrogens with two attached hydrogens (primary N) is 1. The molecule has 0 saturated carbocycles. The summed E-state index contributed by atoms with van der Waals surface area (Å²) >= 11 is 0. The average molecular weight is 240 g/mol. The second-order valence-corrected chi connectivity index (χ2v) is 4.98. The summed E-state index contributed by atoms with van der Waals surface area (Å²) in [6, 6.07) is 10.6. The van der Waals surface area contributed by atoms with Crippen molar-refractivity contribution in [1.82, 2.24) is 4.98 Å². The van der Waals surface area contributed by atoms with Crippen molar-refractivity contribution >= 4 is 0 Å². The van der Waals surface area contributed by atoms with Gasteiger partial charge in [0, 0.05) is 17.3 Å². The van der Waals surface area contributed by atoms with E-state index in [1.807, 2.05) is 13.8 Å². The van der Waals surface area contributed by atoms with E-state index in [4.69, 9.17) is 5.73 Å². The number of aryl methyl sites for hydroxylation is 3. The lowest BCUT2D eigenvalue weighted by molar-refractivity contribution is 0.800. The van der Waals surface area contributed by atoms with Crippen molar-refractivity contribution in [3.8, 4) is 11.3 Å². The molecule has 2 N–H and O–H groups in total. The first kappa shape index (κ1) is 12.8. The maximum Gasteiger partial charge on any atom is 0.0708 e. The van der Waals surface area contributed by atoms with Gasteiger partial charge in [-0.1, -0.05) is 29.8 Å². The first-order valence-electron chi connectivity index (χ1n) is 6.30. The lowest BCUT2D eigenvalue weighted by Gasteiger charge is -2.12. The molecule has 94 valence electrons. The number of benzene rings is 1. The largest absolute Gasteiger partial charge is 0.324 e. The number of pyridine rings is 1. The standard InChI is InChI=1S/C16H20N2/c1-10-5-6-14(11(2)9-10)16-8-7-15(12(3)17)13(4)18-16/h5-9,12H,17H2,1-4H3. The monoisotopic (exact) mass is 240 g/mol. The van der Waals surface area contributed by atoms with E-state index in [-0.39, 0.29) is 6.04 Å². The van der Waals surface area contributed by atoms with Crippen LogP contribution in [0.2, 0.25) is 0 Å². The SMILES string of the molecule is Cc1ccc(-c2ccc(C(C)N)c(C)n2)c(C)c1. The summed E-state index contributed by atoms with van der Waals surface area (Å²) in [6.07, 6.45) is 0. The van der Waals surface area contributed by atoms with Crippen molar-refractivity contribution < 1.29 is 0 Å². The molecule has 0 spiro atoms. The normalized spacial score (nSPS) is 12.5. The van der Waals surface area contributed by atoms with E-state index in [9.17, 15) is 0 Å². The molecule has 2 heteroatoms. The molecule has 0 aliphatic heterocycles. The highest BCUT2D eigenvalue weighted by Gasteiger charge is 2.08. The predicted molar refractivity (Wildman–Crippen MR) is 76.5 cm³/mol. The van der Waals surface area contributed by atoms with Gasteiger partial charge in [0.25, 0.3) is 0 Å². The van der Waals surface area contributed by atoms with Crippen LogP contribution < -0.4 is 5.73 Å². The van der Waals surface area contributed by atoms with Crippen molar-refractivity contribution in [3.63, 3.8) is 0 Å². The molecule has 2 rings (SSSR count). The number of aromatic nitrogens is 1. The molecular formula is C16H20N2.